The minimum Gasteiger partial charge on any atom is -0.507 e. The third-order valence-electron chi connectivity index (χ3n) is 3.88. The minimum atomic E-state index is 0.102. The predicted octanol–water partition coefficient (Wildman–Crippen LogP) is 4.03. The highest BCUT2D eigenvalue weighted by Crippen LogP contribution is 2.23. The Morgan fingerprint density at radius 1 is 1.25 bits per heavy atom. The van der Waals surface area contributed by atoms with Gasteiger partial charge in [0, 0.05) is 17.1 Å². The smallest absolute Gasteiger partial charge is 0.211 e. The minimum absolute atomic E-state index is 0.102. The summed E-state index contributed by atoms with van der Waals surface area (Å²) in [6.45, 7) is 0. The molecule has 28 heavy (non-hydrogen) atoms. The molecule has 0 aliphatic heterocycles. The largest absolute Gasteiger partial charge is 0.507 e. The van der Waals surface area contributed by atoms with Gasteiger partial charge in [-0.05, 0) is 42.5 Å². The Kier molecular flexibility index (Phi) is 5.03. The summed E-state index contributed by atoms with van der Waals surface area (Å²) in [4.78, 5) is 9.34. The molecule has 0 aliphatic rings. The van der Waals surface area contributed by atoms with Gasteiger partial charge in [-0.15, -0.1) is 11.3 Å². The number of ether oxygens (including phenoxy) is 1. The average molecular weight is 392 g/mol. The van der Waals surface area contributed by atoms with Crippen LogP contribution in [0.2, 0.25) is 0 Å². The number of thiazole rings is 1. The maximum absolute atomic E-state index is 10.1. The van der Waals surface area contributed by atoms with Crippen LogP contribution in [0.15, 0.2) is 81.0 Å². The summed E-state index contributed by atoms with van der Waals surface area (Å²) in [5, 5.41) is 16.6. The molecule has 0 spiro atoms. The van der Waals surface area contributed by atoms with Crippen molar-refractivity contribution < 1.29 is 14.3 Å². The molecule has 3 heterocycles. The van der Waals surface area contributed by atoms with Gasteiger partial charge in [-0.1, -0.05) is 0 Å². The first kappa shape index (κ1) is 17.7. The third-order valence-corrected chi connectivity index (χ3v) is 4.69. The molecule has 7 nitrogen and oxygen atoms in total. The molecule has 4 rings (SSSR count). The monoisotopic (exact) mass is 392 g/mol. The Bertz CT molecular complexity index is 1160. The highest BCUT2D eigenvalue weighted by Gasteiger charge is 2.10. The van der Waals surface area contributed by atoms with Gasteiger partial charge in [0.05, 0.1) is 31.5 Å². The van der Waals surface area contributed by atoms with E-state index < -0.39 is 0 Å². The lowest BCUT2D eigenvalue weighted by Crippen LogP contribution is -2.11. The molecule has 1 aromatic carbocycles. The Hall–Kier alpha value is -3.65. The average Bonchev–Trinajstić information content (AvgIpc) is 3.38. The summed E-state index contributed by atoms with van der Waals surface area (Å²) >= 11 is 1.42. The van der Waals surface area contributed by atoms with Crippen molar-refractivity contribution >= 4 is 23.2 Å². The Morgan fingerprint density at radius 2 is 2.18 bits per heavy atom. The van der Waals surface area contributed by atoms with Gasteiger partial charge in [0.15, 0.2) is 5.76 Å². The van der Waals surface area contributed by atoms with Gasteiger partial charge in [0.25, 0.3) is 0 Å². The molecule has 4 aromatic rings. The fraction of sp³-hybridized carbons (Fsp3) is 0.0500. The number of phenols is 1. The van der Waals surface area contributed by atoms with Crippen molar-refractivity contribution in [3.63, 3.8) is 0 Å². The number of phenolic OH excluding ortho intramolecular Hbond substituents is 1. The van der Waals surface area contributed by atoms with Crippen molar-refractivity contribution in [2.45, 2.75) is 0 Å². The van der Waals surface area contributed by atoms with Crippen molar-refractivity contribution in [3.8, 4) is 23.0 Å². The van der Waals surface area contributed by atoms with E-state index in [9.17, 15) is 5.11 Å². The Balaban J connectivity index is 1.82. The van der Waals surface area contributed by atoms with E-state index in [1.807, 2.05) is 29.6 Å². The van der Waals surface area contributed by atoms with Gasteiger partial charge < -0.3 is 14.3 Å². The van der Waals surface area contributed by atoms with Crippen molar-refractivity contribution in [2.24, 2.45) is 10.1 Å². The van der Waals surface area contributed by atoms with Crippen molar-refractivity contribution in [1.82, 2.24) is 9.66 Å². The number of benzene rings is 1. The molecule has 0 bridgehead atoms. The van der Waals surface area contributed by atoms with Gasteiger partial charge in [-0.2, -0.15) is 5.10 Å². The normalized spacial score (nSPS) is 12.0. The van der Waals surface area contributed by atoms with E-state index in [0.29, 0.717) is 27.6 Å². The van der Waals surface area contributed by atoms with Crippen molar-refractivity contribution in [2.75, 3.05) is 7.11 Å². The van der Waals surface area contributed by atoms with Gasteiger partial charge in [0.2, 0.25) is 4.80 Å². The number of aromatic hydroxyl groups is 1. The summed E-state index contributed by atoms with van der Waals surface area (Å²) in [6, 6.07) is 12.3. The maximum Gasteiger partial charge on any atom is 0.211 e. The lowest BCUT2D eigenvalue weighted by molar-refractivity contribution is 0.412. The fourth-order valence-corrected chi connectivity index (χ4v) is 3.33. The number of aromatic nitrogens is 2. The first-order chi connectivity index (χ1) is 13.7. The second-order valence-electron chi connectivity index (χ2n) is 5.68. The first-order valence-corrected chi connectivity index (χ1v) is 9.23. The molecule has 0 saturated heterocycles. The number of pyridine rings is 1. The van der Waals surface area contributed by atoms with Crippen LogP contribution in [0.4, 0.5) is 5.69 Å². The zero-order chi connectivity index (χ0) is 19.3. The van der Waals surface area contributed by atoms with Crippen LogP contribution < -0.4 is 9.54 Å². The summed E-state index contributed by atoms with van der Waals surface area (Å²) in [5.74, 6) is 1.39. The molecular formula is C20H16N4O3S. The van der Waals surface area contributed by atoms with E-state index in [1.165, 1.54) is 11.3 Å². The van der Waals surface area contributed by atoms with Gasteiger partial charge >= 0.3 is 0 Å². The molecule has 140 valence electrons. The van der Waals surface area contributed by atoms with E-state index in [2.05, 4.69) is 15.1 Å². The molecule has 3 aromatic heterocycles. The number of nitrogens with zero attached hydrogens (tertiary/aromatic N) is 4. The fourth-order valence-electron chi connectivity index (χ4n) is 2.50. The molecule has 8 heteroatoms. The molecule has 0 saturated carbocycles. The van der Waals surface area contributed by atoms with Crippen LogP contribution >= 0.6 is 11.3 Å². The molecule has 0 atom stereocenters. The van der Waals surface area contributed by atoms with E-state index in [-0.39, 0.29) is 5.75 Å². The van der Waals surface area contributed by atoms with Gasteiger partial charge in [-0.25, -0.2) is 9.67 Å². The highest BCUT2D eigenvalue weighted by molar-refractivity contribution is 7.07. The third kappa shape index (κ3) is 3.72. The quantitative estimate of drug-likeness (QED) is 0.520. The van der Waals surface area contributed by atoms with Crippen LogP contribution in [0.1, 0.15) is 5.56 Å². The van der Waals surface area contributed by atoms with Gasteiger partial charge in [-0.3, -0.25) is 4.98 Å². The second kappa shape index (κ2) is 7.93. The topological polar surface area (TPSA) is 85.1 Å². The summed E-state index contributed by atoms with van der Waals surface area (Å²) in [7, 11) is 1.57. The predicted molar refractivity (Wildman–Crippen MR) is 107 cm³/mol. The molecule has 0 fully saturated rings. The zero-order valence-corrected chi connectivity index (χ0v) is 15.7. The van der Waals surface area contributed by atoms with E-state index in [1.54, 1.807) is 54.9 Å². The lowest BCUT2D eigenvalue weighted by atomic mass is 10.2. The molecule has 0 unspecified atom stereocenters. The van der Waals surface area contributed by atoms with Crippen molar-refractivity contribution in [3.05, 3.63) is 76.9 Å². The van der Waals surface area contributed by atoms with Crippen LogP contribution in [-0.2, 0) is 0 Å². The molecule has 0 aliphatic carbocycles. The summed E-state index contributed by atoms with van der Waals surface area (Å²) in [6.07, 6.45) is 6.53. The SMILES string of the molecule is COc1ccc(O)c(/C=N/n2c(-c3ccco3)csc2=Nc2cccnc2)c1. The molecule has 0 amide bonds. The van der Waals surface area contributed by atoms with Crippen molar-refractivity contribution in [1.29, 1.82) is 0 Å². The van der Waals surface area contributed by atoms with E-state index >= 15 is 0 Å². The zero-order valence-electron chi connectivity index (χ0n) is 14.9. The Labute approximate surface area is 164 Å². The van der Waals surface area contributed by atoms with E-state index in [4.69, 9.17) is 9.15 Å². The highest BCUT2D eigenvalue weighted by atomic mass is 32.1. The van der Waals surface area contributed by atoms with E-state index in [0.717, 1.165) is 5.69 Å². The number of hydrogen-bond donors (Lipinski definition) is 1. The summed E-state index contributed by atoms with van der Waals surface area (Å²) in [5.41, 5.74) is 1.98. The maximum atomic E-state index is 10.1. The molecule has 0 radical (unpaired) electrons. The lowest BCUT2D eigenvalue weighted by Gasteiger charge is -2.04. The molecule has 1 N–H and O–H groups in total. The van der Waals surface area contributed by atoms with Gasteiger partial charge in [0.1, 0.15) is 17.2 Å². The molecular weight excluding hydrogens is 376 g/mol. The standard InChI is InChI=1S/C20H16N4O3S/c1-26-16-6-7-18(25)14(10-16)11-22-24-17(19-5-3-9-27-19)13-28-20(24)23-15-4-2-8-21-12-15/h2-13,25H,1H3/b22-11+,23-20?. The van der Waals surface area contributed by atoms with Crippen LogP contribution in [0, 0.1) is 0 Å². The van der Waals surface area contributed by atoms with Crippen LogP contribution in [0.3, 0.4) is 0 Å². The van der Waals surface area contributed by atoms with Crippen LogP contribution in [0.25, 0.3) is 11.5 Å². The Morgan fingerprint density at radius 3 is 2.93 bits per heavy atom. The first-order valence-electron chi connectivity index (χ1n) is 8.35. The number of methoxy groups -OCH3 is 1. The van der Waals surface area contributed by atoms with Crippen LogP contribution in [-0.4, -0.2) is 28.1 Å². The summed E-state index contributed by atoms with van der Waals surface area (Å²) < 4.78 is 12.4. The van der Waals surface area contributed by atoms with Crippen LogP contribution in [0.5, 0.6) is 11.5 Å². The second-order valence-corrected chi connectivity index (χ2v) is 6.52. The number of furan rings is 1. The number of rotatable bonds is 5. The number of hydrogen-bond acceptors (Lipinski definition) is 7.